The van der Waals surface area contributed by atoms with Crippen LogP contribution >= 0.6 is 11.6 Å². The van der Waals surface area contributed by atoms with E-state index < -0.39 is 4.92 Å². The van der Waals surface area contributed by atoms with Gasteiger partial charge in [-0.1, -0.05) is 24.4 Å². The SMILES string of the molecule is O=[N+]([O-])c1cnc(Cl)cc1NC1CCCC1. The van der Waals surface area contributed by atoms with Gasteiger partial charge < -0.3 is 5.32 Å². The summed E-state index contributed by atoms with van der Waals surface area (Å²) in [4.78, 5) is 14.1. The summed E-state index contributed by atoms with van der Waals surface area (Å²) in [5.74, 6) is 0. The van der Waals surface area contributed by atoms with Crippen molar-refractivity contribution in [3.63, 3.8) is 0 Å². The Hall–Kier alpha value is -1.36. The average Bonchev–Trinajstić information content (AvgIpc) is 2.70. The van der Waals surface area contributed by atoms with E-state index in [0.717, 1.165) is 12.8 Å². The van der Waals surface area contributed by atoms with E-state index in [-0.39, 0.29) is 10.8 Å². The highest BCUT2D eigenvalue weighted by atomic mass is 35.5. The fraction of sp³-hybridized carbons (Fsp3) is 0.500. The molecule has 1 aliphatic carbocycles. The Bertz CT molecular complexity index is 405. The highest BCUT2D eigenvalue weighted by Crippen LogP contribution is 2.29. The number of pyridine rings is 1. The van der Waals surface area contributed by atoms with E-state index in [0.29, 0.717) is 11.7 Å². The minimum absolute atomic E-state index is 0.0173. The first-order valence-corrected chi connectivity index (χ1v) is 5.61. The average molecular weight is 242 g/mol. The summed E-state index contributed by atoms with van der Waals surface area (Å²) in [5.41, 5.74) is 0.452. The minimum atomic E-state index is -0.444. The third kappa shape index (κ3) is 2.41. The van der Waals surface area contributed by atoms with Gasteiger partial charge in [-0.05, 0) is 12.8 Å². The third-order valence-corrected chi connectivity index (χ3v) is 2.97. The molecule has 16 heavy (non-hydrogen) atoms. The van der Waals surface area contributed by atoms with Crippen LogP contribution in [-0.4, -0.2) is 15.9 Å². The van der Waals surface area contributed by atoms with Crippen molar-refractivity contribution in [3.05, 3.63) is 27.5 Å². The highest BCUT2D eigenvalue weighted by molar-refractivity contribution is 6.29. The predicted molar refractivity (Wildman–Crippen MR) is 61.8 cm³/mol. The first kappa shape index (κ1) is 11.1. The lowest BCUT2D eigenvalue weighted by atomic mass is 10.2. The number of nitrogens with zero attached hydrogens (tertiary/aromatic N) is 2. The van der Waals surface area contributed by atoms with Crippen molar-refractivity contribution in [1.29, 1.82) is 0 Å². The van der Waals surface area contributed by atoms with E-state index >= 15 is 0 Å². The molecule has 0 bridgehead atoms. The topological polar surface area (TPSA) is 68.1 Å². The van der Waals surface area contributed by atoms with E-state index in [4.69, 9.17) is 11.6 Å². The molecular formula is C10H12ClN3O2. The van der Waals surface area contributed by atoms with Crippen LogP contribution in [0.5, 0.6) is 0 Å². The van der Waals surface area contributed by atoms with Crippen molar-refractivity contribution >= 4 is 23.0 Å². The van der Waals surface area contributed by atoms with Gasteiger partial charge in [0.05, 0.1) is 4.92 Å². The smallest absolute Gasteiger partial charge is 0.310 e. The third-order valence-electron chi connectivity index (χ3n) is 2.76. The zero-order valence-electron chi connectivity index (χ0n) is 8.65. The zero-order chi connectivity index (χ0) is 11.5. The largest absolute Gasteiger partial charge is 0.377 e. The molecule has 0 amide bonds. The maximum atomic E-state index is 10.8. The summed E-state index contributed by atoms with van der Waals surface area (Å²) in [7, 11) is 0. The van der Waals surface area contributed by atoms with E-state index in [2.05, 4.69) is 10.3 Å². The van der Waals surface area contributed by atoms with Gasteiger partial charge in [0.15, 0.2) is 0 Å². The Morgan fingerprint density at radius 2 is 2.19 bits per heavy atom. The molecule has 1 saturated carbocycles. The maximum absolute atomic E-state index is 10.8. The Morgan fingerprint density at radius 3 is 2.81 bits per heavy atom. The van der Waals surface area contributed by atoms with Crippen molar-refractivity contribution in [3.8, 4) is 0 Å². The standard InChI is InChI=1S/C10H12ClN3O2/c11-10-5-8(9(6-12-10)14(15)16)13-7-3-1-2-4-7/h5-7H,1-4H2,(H,12,13). The van der Waals surface area contributed by atoms with E-state index in [1.54, 1.807) is 0 Å². The molecule has 1 N–H and O–H groups in total. The monoisotopic (exact) mass is 241 g/mol. The number of hydrogen-bond acceptors (Lipinski definition) is 4. The molecule has 5 nitrogen and oxygen atoms in total. The van der Waals surface area contributed by atoms with Crippen LogP contribution in [0.25, 0.3) is 0 Å². The van der Waals surface area contributed by atoms with Crippen LogP contribution in [0, 0.1) is 10.1 Å². The molecule has 0 saturated heterocycles. The molecule has 0 aliphatic heterocycles. The number of halogens is 1. The number of anilines is 1. The predicted octanol–water partition coefficient (Wildman–Crippen LogP) is 3.00. The Kier molecular flexibility index (Phi) is 3.24. The molecule has 86 valence electrons. The molecule has 0 aromatic carbocycles. The van der Waals surface area contributed by atoms with Gasteiger partial charge in [0, 0.05) is 12.1 Å². The number of hydrogen-bond donors (Lipinski definition) is 1. The van der Waals surface area contributed by atoms with Crippen molar-refractivity contribution in [2.24, 2.45) is 0 Å². The lowest BCUT2D eigenvalue weighted by Gasteiger charge is -2.13. The van der Waals surface area contributed by atoms with Gasteiger partial charge in [-0.3, -0.25) is 10.1 Å². The first-order chi connectivity index (χ1) is 7.66. The Balaban J connectivity index is 2.22. The van der Waals surface area contributed by atoms with Gasteiger partial charge >= 0.3 is 5.69 Å². The first-order valence-electron chi connectivity index (χ1n) is 5.23. The van der Waals surface area contributed by atoms with Crippen LogP contribution in [0.3, 0.4) is 0 Å². The summed E-state index contributed by atoms with van der Waals surface area (Å²) in [6.45, 7) is 0. The number of aromatic nitrogens is 1. The summed E-state index contributed by atoms with van der Waals surface area (Å²) < 4.78 is 0. The molecule has 0 unspecified atom stereocenters. The Morgan fingerprint density at radius 1 is 1.50 bits per heavy atom. The van der Waals surface area contributed by atoms with E-state index in [1.807, 2.05) is 0 Å². The van der Waals surface area contributed by atoms with Crippen molar-refractivity contribution in [1.82, 2.24) is 4.98 Å². The fourth-order valence-corrected chi connectivity index (χ4v) is 2.13. The van der Waals surface area contributed by atoms with Crippen molar-refractivity contribution < 1.29 is 4.92 Å². The van der Waals surface area contributed by atoms with Gasteiger partial charge in [-0.15, -0.1) is 0 Å². The molecule has 1 aromatic rings. The zero-order valence-corrected chi connectivity index (χ0v) is 9.41. The molecular weight excluding hydrogens is 230 g/mol. The van der Waals surface area contributed by atoms with Gasteiger partial charge in [0.2, 0.25) is 0 Å². The summed E-state index contributed by atoms with van der Waals surface area (Å²) in [6, 6.07) is 1.83. The minimum Gasteiger partial charge on any atom is -0.377 e. The summed E-state index contributed by atoms with van der Waals surface area (Å²) >= 11 is 5.73. The van der Waals surface area contributed by atoms with Crippen LogP contribution in [0.2, 0.25) is 5.15 Å². The van der Waals surface area contributed by atoms with Gasteiger partial charge in [-0.25, -0.2) is 4.98 Å². The molecule has 0 atom stereocenters. The molecule has 2 rings (SSSR count). The molecule has 0 spiro atoms. The van der Waals surface area contributed by atoms with Gasteiger partial charge in [0.1, 0.15) is 17.0 Å². The van der Waals surface area contributed by atoms with Crippen molar-refractivity contribution in [2.45, 2.75) is 31.7 Å². The molecule has 1 aliphatic rings. The highest BCUT2D eigenvalue weighted by Gasteiger charge is 2.20. The van der Waals surface area contributed by atoms with Crippen molar-refractivity contribution in [2.75, 3.05) is 5.32 Å². The second-order valence-electron chi connectivity index (χ2n) is 3.91. The maximum Gasteiger partial charge on any atom is 0.310 e. The fourth-order valence-electron chi connectivity index (χ4n) is 1.97. The molecule has 0 radical (unpaired) electrons. The molecule has 1 fully saturated rings. The van der Waals surface area contributed by atoms with E-state index in [9.17, 15) is 10.1 Å². The summed E-state index contributed by atoms with van der Waals surface area (Å²) in [6.07, 6.45) is 5.64. The number of nitrogens with one attached hydrogen (secondary N) is 1. The van der Waals surface area contributed by atoms with Crippen LogP contribution in [0.4, 0.5) is 11.4 Å². The number of rotatable bonds is 3. The second kappa shape index (κ2) is 4.65. The molecule has 1 aromatic heterocycles. The molecule has 6 heteroatoms. The normalized spacial score (nSPS) is 16.3. The lowest BCUT2D eigenvalue weighted by molar-refractivity contribution is -0.384. The number of nitro groups is 1. The van der Waals surface area contributed by atoms with E-state index in [1.165, 1.54) is 25.1 Å². The van der Waals surface area contributed by atoms with Crippen LogP contribution in [0.15, 0.2) is 12.3 Å². The Labute approximate surface area is 98.0 Å². The lowest BCUT2D eigenvalue weighted by Crippen LogP contribution is -2.15. The summed E-state index contributed by atoms with van der Waals surface area (Å²) in [5, 5.41) is 14.2. The van der Waals surface area contributed by atoms with Crippen LogP contribution in [-0.2, 0) is 0 Å². The van der Waals surface area contributed by atoms with Crippen LogP contribution in [0.1, 0.15) is 25.7 Å². The van der Waals surface area contributed by atoms with Gasteiger partial charge in [-0.2, -0.15) is 0 Å². The molecule has 1 heterocycles. The van der Waals surface area contributed by atoms with Crippen LogP contribution < -0.4 is 5.32 Å². The van der Waals surface area contributed by atoms with Gasteiger partial charge in [0.25, 0.3) is 0 Å². The quantitative estimate of drug-likeness (QED) is 0.502. The second-order valence-corrected chi connectivity index (χ2v) is 4.29.